The molecule has 0 aromatic carbocycles. The van der Waals surface area contributed by atoms with Crippen molar-refractivity contribution in [2.75, 3.05) is 13.1 Å². The predicted octanol–water partition coefficient (Wildman–Crippen LogP) is 2.95. The minimum atomic E-state index is 0.526. The van der Waals surface area contributed by atoms with Crippen LogP contribution in [0.3, 0.4) is 0 Å². The van der Waals surface area contributed by atoms with Gasteiger partial charge in [0.05, 0.1) is 11.7 Å². The van der Waals surface area contributed by atoms with Crippen LogP contribution in [0.25, 0.3) is 0 Å². The van der Waals surface area contributed by atoms with E-state index in [2.05, 4.69) is 28.8 Å². The lowest BCUT2D eigenvalue weighted by Gasteiger charge is -2.39. The van der Waals surface area contributed by atoms with E-state index in [1.54, 1.807) is 0 Å². The highest BCUT2D eigenvalue weighted by molar-refractivity contribution is 5.01. The molecule has 4 heteroatoms. The van der Waals surface area contributed by atoms with Crippen molar-refractivity contribution in [3.8, 4) is 0 Å². The van der Waals surface area contributed by atoms with Crippen LogP contribution in [-0.2, 0) is 6.54 Å². The minimum absolute atomic E-state index is 0.526. The van der Waals surface area contributed by atoms with Crippen LogP contribution in [0.5, 0.6) is 0 Å². The van der Waals surface area contributed by atoms with Gasteiger partial charge in [0.15, 0.2) is 0 Å². The van der Waals surface area contributed by atoms with Crippen molar-refractivity contribution < 1.29 is 0 Å². The lowest BCUT2D eigenvalue weighted by molar-refractivity contribution is 0.0974. The van der Waals surface area contributed by atoms with Crippen molar-refractivity contribution in [3.05, 3.63) is 18.0 Å². The Morgan fingerprint density at radius 3 is 2.76 bits per heavy atom. The molecule has 1 aromatic rings. The summed E-state index contributed by atoms with van der Waals surface area (Å²) >= 11 is 0. The molecule has 1 saturated carbocycles. The number of hydrogen-bond donors (Lipinski definition) is 1. The Hall–Kier alpha value is -0.870. The van der Waals surface area contributed by atoms with Crippen molar-refractivity contribution >= 4 is 0 Å². The Kier molecular flexibility index (Phi) is 4.96. The van der Waals surface area contributed by atoms with E-state index in [4.69, 9.17) is 10.8 Å². The fourth-order valence-corrected chi connectivity index (χ4v) is 4.13. The maximum absolute atomic E-state index is 5.99. The Balaban J connectivity index is 1.63. The first-order chi connectivity index (χ1) is 10.3. The summed E-state index contributed by atoms with van der Waals surface area (Å²) < 4.78 is 2.22. The lowest BCUT2D eigenvalue weighted by atomic mass is 9.91. The van der Waals surface area contributed by atoms with E-state index in [1.807, 2.05) is 0 Å². The number of rotatable bonds is 4. The maximum atomic E-state index is 5.99. The highest BCUT2D eigenvalue weighted by Gasteiger charge is 2.27. The summed E-state index contributed by atoms with van der Waals surface area (Å²) in [5.41, 5.74) is 7.21. The van der Waals surface area contributed by atoms with Crippen molar-refractivity contribution in [1.29, 1.82) is 0 Å². The first kappa shape index (κ1) is 15.0. The van der Waals surface area contributed by atoms with Crippen LogP contribution in [-0.4, -0.2) is 33.8 Å². The first-order valence-corrected chi connectivity index (χ1v) is 8.76. The molecule has 2 fully saturated rings. The minimum Gasteiger partial charge on any atom is -0.329 e. The third-order valence-corrected chi connectivity index (χ3v) is 5.45. The second kappa shape index (κ2) is 6.93. The topological polar surface area (TPSA) is 47.1 Å². The molecule has 2 N–H and O–H groups in total. The zero-order chi connectivity index (χ0) is 14.7. The van der Waals surface area contributed by atoms with Crippen molar-refractivity contribution in [1.82, 2.24) is 14.7 Å². The summed E-state index contributed by atoms with van der Waals surface area (Å²) in [5.74, 6) is 0.712. The van der Waals surface area contributed by atoms with E-state index in [0.29, 0.717) is 18.0 Å². The third kappa shape index (κ3) is 3.49. The number of hydrogen-bond acceptors (Lipinski definition) is 3. The van der Waals surface area contributed by atoms with Gasteiger partial charge in [-0.3, -0.25) is 9.58 Å². The molecule has 0 bridgehead atoms. The summed E-state index contributed by atoms with van der Waals surface area (Å²) in [7, 11) is 0. The molecule has 2 atom stereocenters. The fourth-order valence-electron chi connectivity index (χ4n) is 4.13. The van der Waals surface area contributed by atoms with E-state index < -0.39 is 0 Å². The fraction of sp³-hybridized carbons (Fsp3) is 0.824. The van der Waals surface area contributed by atoms with Crippen LogP contribution in [0, 0.1) is 5.92 Å². The lowest BCUT2D eigenvalue weighted by Crippen LogP contribution is -2.48. The van der Waals surface area contributed by atoms with Gasteiger partial charge in [0.25, 0.3) is 0 Å². The zero-order valence-electron chi connectivity index (χ0n) is 13.4. The van der Waals surface area contributed by atoms with Gasteiger partial charge >= 0.3 is 0 Å². The molecule has 21 heavy (non-hydrogen) atoms. The normalized spacial score (nSPS) is 28.9. The third-order valence-electron chi connectivity index (χ3n) is 5.45. The molecule has 0 amide bonds. The summed E-state index contributed by atoms with van der Waals surface area (Å²) in [5, 5.41) is 4.86. The van der Waals surface area contributed by atoms with Gasteiger partial charge in [0.2, 0.25) is 0 Å². The van der Waals surface area contributed by atoms with Gasteiger partial charge in [-0.1, -0.05) is 26.2 Å². The number of nitrogens with zero attached hydrogens (tertiary/aromatic N) is 3. The average molecular weight is 290 g/mol. The molecule has 1 aliphatic heterocycles. The Morgan fingerprint density at radius 1 is 1.19 bits per heavy atom. The number of piperidine rings is 1. The SMILES string of the molecule is CC1CCCN(Cc2ccn(C3CCCCC3)n2)C1CN. The largest absolute Gasteiger partial charge is 0.329 e. The van der Waals surface area contributed by atoms with Gasteiger partial charge in [-0.2, -0.15) is 5.10 Å². The molecule has 3 rings (SSSR count). The molecule has 2 heterocycles. The molecular weight excluding hydrogens is 260 g/mol. The van der Waals surface area contributed by atoms with Crippen LogP contribution in [0.2, 0.25) is 0 Å². The number of nitrogens with two attached hydrogens (primary N) is 1. The molecule has 2 aliphatic rings. The van der Waals surface area contributed by atoms with E-state index in [9.17, 15) is 0 Å². The van der Waals surface area contributed by atoms with Gasteiger partial charge in [-0.25, -0.2) is 0 Å². The zero-order valence-corrected chi connectivity index (χ0v) is 13.4. The summed E-state index contributed by atoms with van der Waals surface area (Å²) in [4.78, 5) is 2.54. The monoisotopic (exact) mass is 290 g/mol. The van der Waals surface area contributed by atoms with E-state index >= 15 is 0 Å². The molecule has 4 nitrogen and oxygen atoms in total. The van der Waals surface area contributed by atoms with E-state index in [1.165, 1.54) is 57.2 Å². The molecule has 1 aromatic heterocycles. The van der Waals surface area contributed by atoms with Crippen LogP contribution in [0.15, 0.2) is 12.3 Å². The Bertz CT molecular complexity index is 436. The molecule has 118 valence electrons. The highest BCUT2D eigenvalue weighted by Crippen LogP contribution is 2.28. The molecular formula is C17H30N4. The maximum Gasteiger partial charge on any atom is 0.0765 e. The van der Waals surface area contributed by atoms with Crippen molar-refractivity contribution in [2.45, 2.75) is 70.5 Å². The van der Waals surface area contributed by atoms with Crippen LogP contribution >= 0.6 is 0 Å². The van der Waals surface area contributed by atoms with Crippen LogP contribution < -0.4 is 5.73 Å². The second-order valence-electron chi connectivity index (χ2n) is 6.97. The first-order valence-electron chi connectivity index (χ1n) is 8.76. The van der Waals surface area contributed by atoms with Gasteiger partial charge < -0.3 is 5.73 Å². The summed E-state index contributed by atoms with van der Waals surface area (Å²) in [6.07, 6.45) is 11.5. The van der Waals surface area contributed by atoms with E-state index in [-0.39, 0.29) is 0 Å². The van der Waals surface area contributed by atoms with Crippen molar-refractivity contribution in [2.24, 2.45) is 11.7 Å². The molecule has 0 spiro atoms. The predicted molar refractivity (Wildman–Crippen MR) is 86.0 cm³/mol. The van der Waals surface area contributed by atoms with Gasteiger partial charge in [-0.15, -0.1) is 0 Å². The molecule has 0 radical (unpaired) electrons. The average Bonchev–Trinajstić information content (AvgIpc) is 2.97. The summed E-state index contributed by atoms with van der Waals surface area (Å²) in [6.45, 7) is 5.24. The van der Waals surface area contributed by atoms with Crippen LogP contribution in [0.4, 0.5) is 0 Å². The molecule has 1 saturated heterocycles. The number of aromatic nitrogens is 2. The Labute approximate surface area is 128 Å². The van der Waals surface area contributed by atoms with E-state index in [0.717, 1.165) is 13.1 Å². The number of likely N-dealkylation sites (tertiary alicyclic amines) is 1. The molecule has 2 unspecified atom stereocenters. The van der Waals surface area contributed by atoms with Gasteiger partial charge in [0.1, 0.15) is 0 Å². The second-order valence-corrected chi connectivity index (χ2v) is 6.97. The smallest absolute Gasteiger partial charge is 0.0765 e. The van der Waals surface area contributed by atoms with Gasteiger partial charge in [-0.05, 0) is 44.2 Å². The summed E-state index contributed by atoms with van der Waals surface area (Å²) in [6, 6.07) is 3.37. The van der Waals surface area contributed by atoms with Crippen LogP contribution in [0.1, 0.15) is 63.6 Å². The van der Waals surface area contributed by atoms with Crippen molar-refractivity contribution in [3.63, 3.8) is 0 Å². The highest BCUT2D eigenvalue weighted by atomic mass is 15.3. The molecule has 1 aliphatic carbocycles. The standard InChI is InChI=1S/C17H30N4/c1-14-6-5-10-20(17(14)12-18)13-15-9-11-21(19-15)16-7-3-2-4-8-16/h9,11,14,16-17H,2-8,10,12-13,18H2,1H3. The Morgan fingerprint density at radius 2 is 2.00 bits per heavy atom. The van der Waals surface area contributed by atoms with Gasteiger partial charge in [0, 0.05) is 25.3 Å². The quantitative estimate of drug-likeness (QED) is 0.927.